The van der Waals surface area contributed by atoms with Crippen LogP contribution in [-0.2, 0) is 0 Å². The molecule has 0 heterocycles. The SMILES string of the molecule is CC(C)CCSCCC(C)C.Oc1ccccc1.[CaH2]. The fraction of sp³-hybridized carbons (Fsp3) is 0.625. The standard InChI is InChI=1S/C10H22S.C6H6O.Ca.2H/c1-9(2)5-7-11-8-6-10(3)4;7-6-4-2-1-3-5-6;;;/h9-10H,5-8H2,1-4H3;1-5,7H;;;. The summed E-state index contributed by atoms with van der Waals surface area (Å²) in [6.45, 7) is 9.18. The van der Waals surface area contributed by atoms with Gasteiger partial charge in [-0.1, -0.05) is 45.9 Å². The van der Waals surface area contributed by atoms with E-state index in [1.807, 2.05) is 6.07 Å². The molecule has 1 N–H and O–H groups in total. The molecule has 0 aromatic heterocycles. The van der Waals surface area contributed by atoms with Crippen molar-refractivity contribution in [1.82, 2.24) is 0 Å². The van der Waals surface area contributed by atoms with Gasteiger partial charge in [0.1, 0.15) is 5.75 Å². The Bertz CT molecular complexity index is 265. The van der Waals surface area contributed by atoms with Crippen LogP contribution in [0, 0.1) is 11.8 Å². The van der Waals surface area contributed by atoms with Crippen molar-refractivity contribution in [2.75, 3.05) is 11.5 Å². The van der Waals surface area contributed by atoms with Gasteiger partial charge in [0.15, 0.2) is 0 Å². The molecule has 0 amide bonds. The average Bonchev–Trinajstić information content (AvgIpc) is 2.29. The van der Waals surface area contributed by atoms with Gasteiger partial charge >= 0.3 is 37.7 Å². The van der Waals surface area contributed by atoms with Crippen molar-refractivity contribution < 1.29 is 5.11 Å². The minimum absolute atomic E-state index is 0. The minimum atomic E-state index is 0. The molecule has 0 spiro atoms. The van der Waals surface area contributed by atoms with Crippen molar-refractivity contribution in [2.24, 2.45) is 11.8 Å². The molecule has 3 heteroatoms. The molecule has 0 aliphatic heterocycles. The van der Waals surface area contributed by atoms with Crippen LogP contribution in [0.1, 0.15) is 40.5 Å². The molecule has 0 unspecified atom stereocenters. The molecule has 19 heavy (non-hydrogen) atoms. The summed E-state index contributed by atoms with van der Waals surface area (Å²) in [4.78, 5) is 0. The van der Waals surface area contributed by atoms with Crippen LogP contribution >= 0.6 is 11.8 Å². The number of rotatable bonds is 6. The van der Waals surface area contributed by atoms with E-state index in [9.17, 15) is 0 Å². The Morgan fingerprint density at radius 1 is 0.895 bits per heavy atom. The van der Waals surface area contributed by atoms with Crippen LogP contribution in [0.5, 0.6) is 5.75 Å². The van der Waals surface area contributed by atoms with E-state index in [0.717, 1.165) is 11.8 Å². The first-order valence-electron chi connectivity index (χ1n) is 6.84. The van der Waals surface area contributed by atoms with E-state index in [0.29, 0.717) is 5.75 Å². The van der Waals surface area contributed by atoms with Gasteiger partial charge < -0.3 is 5.11 Å². The van der Waals surface area contributed by atoms with Gasteiger partial charge in [0.25, 0.3) is 0 Å². The maximum atomic E-state index is 8.63. The fourth-order valence-electron chi connectivity index (χ4n) is 1.17. The summed E-state index contributed by atoms with van der Waals surface area (Å²) in [6, 6.07) is 8.71. The first kappa shape index (κ1) is 21.9. The maximum absolute atomic E-state index is 8.63. The van der Waals surface area contributed by atoms with Crippen molar-refractivity contribution in [3.63, 3.8) is 0 Å². The Morgan fingerprint density at radius 2 is 1.32 bits per heavy atom. The second-order valence-electron chi connectivity index (χ2n) is 5.31. The van der Waals surface area contributed by atoms with E-state index in [1.165, 1.54) is 24.3 Å². The van der Waals surface area contributed by atoms with Crippen molar-refractivity contribution in [3.8, 4) is 5.75 Å². The Hall–Kier alpha value is 0.630. The Morgan fingerprint density at radius 3 is 1.58 bits per heavy atom. The molecular weight excluding hydrogens is 280 g/mol. The molecule has 1 aromatic rings. The van der Waals surface area contributed by atoms with E-state index in [1.54, 1.807) is 24.3 Å². The Labute approximate surface area is 153 Å². The van der Waals surface area contributed by atoms with Gasteiger partial charge in [0.05, 0.1) is 0 Å². The second-order valence-corrected chi connectivity index (χ2v) is 6.54. The molecule has 0 aliphatic rings. The van der Waals surface area contributed by atoms with Gasteiger partial charge in [0, 0.05) is 0 Å². The van der Waals surface area contributed by atoms with Gasteiger partial charge in [0.2, 0.25) is 0 Å². The zero-order chi connectivity index (χ0) is 13.8. The van der Waals surface area contributed by atoms with Crippen LogP contribution in [0.3, 0.4) is 0 Å². The number of hydrogen-bond donors (Lipinski definition) is 1. The third-order valence-corrected chi connectivity index (χ3v) is 3.48. The summed E-state index contributed by atoms with van der Waals surface area (Å²) in [5, 5.41) is 8.63. The molecule has 0 aliphatic carbocycles. The first-order chi connectivity index (χ1) is 8.52. The number of hydrogen-bond acceptors (Lipinski definition) is 2. The summed E-state index contributed by atoms with van der Waals surface area (Å²) in [6.07, 6.45) is 2.76. The normalized spacial score (nSPS) is 9.79. The summed E-state index contributed by atoms with van der Waals surface area (Å²) in [7, 11) is 0. The number of phenolic OH excluding ortho intramolecular Hbond substituents is 1. The van der Waals surface area contributed by atoms with Crippen LogP contribution in [0.4, 0.5) is 0 Å². The predicted molar refractivity (Wildman–Crippen MR) is 92.9 cm³/mol. The van der Waals surface area contributed by atoms with Gasteiger partial charge in [-0.05, 0) is 48.3 Å². The second kappa shape index (κ2) is 15.0. The molecule has 108 valence electrons. The van der Waals surface area contributed by atoms with Gasteiger partial charge in [-0.15, -0.1) is 0 Å². The van der Waals surface area contributed by atoms with Gasteiger partial charge in [-0.3, -0.25) is 0 Å². The molecule has 0 atom stereocenters. The molecule has 0 saturated heterocycles. The number of benzene rings is 1. The van der Waals surface area contributed by atoms with Crippen molar-refractivity contribution >= 4 is 49.5 Å². The molecule has 0 bridgehead atoms. The third kappa shape index (κ3) is 18.6. The van der Waals surface area contributed by atoms with Gasteiger partial charge in [-0.25, -0.2) is 0 Å². The number of phenols is 1. The summed E-state index contributed by atoms with van der Waals surface area (Å²) < 4.78 is 0. The van der Waals surface area contributed by atoms with Crippen molar-refractivity contribution in [2.45, 2.75) is 40.5 Å². The summed E-state index contributed by atoms with van der Waals surface area (Å²) in [5.41, 5.74) is 0. The third-order valence-electron chi connectivity index (χ3n) is 2.44. The molecule has 0 saturated carbocycles. The first-order valence-corrected chi connectivity index (χ1v) is 7.99. The monoisotopic (exact) mass is 310 g/mol. The summed E-state index contributed by atoms with van der Waals surface area (Å²) in [5.74, 6) is 4.78. The zero-order valence-corrected chi connectivity index (χ0v) is 13.0. The van der Waals surface area contributed by atoms with Crippen LogP contribution in [-0.4, -0.2) is 54.4 Å². The van der Waals surface area contributed by atoms with E-state index in [2.05, 4.69) is 39.5 Å². The van der Waals surface area contributed by atoms with Crippen LogP contribution in [0.2, 0.25) is 0 Å². The quantitative estimate of drug-likeness (QED) is 0.625. The number of para-hydroxylation sites is 1. The van der Waals surface area contributed by atoms with Crippen molar-refractivity contribution in [3.05, 3.63) is 30.3 Å². The topological polar surface area (TPSA) is 20.2 Å². The Kier molecular flexibility index (Phi) is 17.3. The number of aromatic hydroxyl groups is 1. The predicted octanol–water partition coefficient (Wildman–Crippen LogP) is 4.29. The molecule has 1 aromatic carbocycles. The molecular formula is C16H30CaOS. The average molecular weight is 311 g/mol. The van der Waals surface area contributed by atoms with E-state index in [-0.39, 0.29) is 37.7 Å². The molecule has 1 nitrogen and oxygen atoms in total. The van der Waals surface area contributed by atoms with Crippen molar-refractivity contribution in [1.29, 1.82) is 0 Å². The number of thioether (sulfide) groups is 1. The van der Waals surface area contributed by atoms with Crippen LogP contribution in [0.15, 0.2) is 30.3 Å². The summed E-state index contributed by atoms with van der Waals surface area (Å²) >= 11 is 2.11. The van der Waals surface area contributed by atoms with Crippen LogP contribution < -0.4 is 0 Å². The molecule has 1 rings (SSSR count). The van der Waals surface area contributed by atoms with E-state index >= 15 is 0 Å². The van der Waals surface area contributed by atoms with E-state index < -0.39 is 0 Å². The van der Waals surface area contributed by atoms with Gasteiger partial charge in [-0.2, -0.15) is 11.8 Å². The molecule has 0 radical (unpaired) electrons. The zero-order valence-electron chi connectivity index (χ0n) is 12.2. The molecule has 0 fully saturated rings. The van der Waals surface area contributed by atoms with Crippen LogP contribution in [0.25, 0.3) is 0 Å². The van der Waals surface area contributed by atoms with E-state index in [4.69, 9.17) is 5.11 Å². The Balaban J connectivity index is 0. The fourth-order valence-corrected chi connectivity index (χ4v) is 2.65.